The van der Waals surface area contributed by atoms with Crippen LogP contribution in [-0.4, -0.2) is 67.0 Å². The van der Waals surface area contributed by atoms with E-state index in [1.807, 2.05) is 18.2 Å². The number of hydrogen-bond acceptors (Lipinski definition) is 7. The molecule has 2 aromatic carbocycles. The van der Waals surface area contributed by atoms with Gasteiger partial charge in [-0.25, -0.2) is 0 Å². The van der Waals surface area contributed by atoms with Gasteiger partial charge in [0.2, 0.25) is 5.78 Å². The van der Waals surface area contributed by atoms with Gasteiger partial charge in [-0.15, -0.1) is 0 Å². The van der Waals surface area contributed by atoms with Crippen molar-refractivity contribution >= 4 is 22.7 Å². The number of fused-ring (bicyclic) bond motifs is 1. The molecule has 1 aliphatic heterocycles. The molecule has 1 atom stereocenters. The molecule has 4 rings (SSSR count). The summed E-state index contributed by atoms with van der Waals surface area (Å²) in [6, 6.07) is 13.3. The molecule has 190 valence electrons. The standard InChI is InChI=1S/C28H32N2O6/c1-5-29(6-2)15-10-16-30-24(19-12-9-14-21(34-3)27(19)35-4)23(26(32)28(30)33)25(31)22-17-18-11-7-8-13-20(18)36-22/h7-9,11-14,17,24,32H,5-6,10,15-16H2,1-4H3/t24-/m0/s1. The van der Waals surface area contributed by atoms with Crippen molar-refractivity contribution in [2.24, 2.45) is 0 Å². The maximum absolute atomic E-state index is 13.8. The number of carbonyl (C=O) groups is 2. The van der Waals surface area contributed by atoms with Crippen molar-refractivity contribution < 1.29 is 28.6 Å². The van der Waals surface area contributed by atoms with E-state index in [1.54, 1.807) is 30.3 Å². The maximum Gasteiger partial charge on any atom is 0.290 e. The molecule has 0 radical (unpaired) electrons. The summed E-state index contributed by atoms with van der Waals surface area (Å²) in [5.41, 5.74) is 1.07. The number of methoxy groups -OCH3 is 2. The number of furan rings is 1. The third-order valence-corrected chi connectivity index (χ3v) is 6.69. The number of para-hydroxylation sites is 2. The minimum absolute atomic E-state index is 0.0338. The Morgan fingerprint density at radius 2 is 1.83 bits per heavy atom. The highest BCUT2D eigenvalue weighted by Crippen LogP contribution is 2.45. The van der Waals surface area contributed by atoms with Crippen LogP contribution in [0.3, 0.4) is 0 Å². The van der Waals surface area contributed by atoms with E-state index in [0.29, 0.717) is 35.6 Å². The summed E-state index contributed by atoms with van der Waals surface area (Å²) in [7, 11) is 3.03. The van der Waals surface area contributed by atoms with Crippen molar-refractivity contribution in [2.45, 2.75) is 26.3 Å². The lowest BCUT2D eigenvalue weighted by atomic mass is 9.94. The number of ether oxygens (including phenoxy) is 2. The normalized spacial score (nSPS) is 15.9. The van der Waals surface area contributed by atoms with Crippen LogP contribution < -0.4 is 9.47 Å². The Morgan fingerprint density at radius 1 is 1.08 bits per heavy atom. The molecule has 1 aliphatic rings. The van der Waals surface area contributed by atoms with Gasteiger partial charge < -0.3 is 28.8 Å². The smallest absolute Gasteiger partial charge is 0.290 e. The van der Waals surface area contributed by atoms with Crippen molar-refractivity contribution in [3.63, 3.8) is 0 Å². The summed E-state index contributed by atoms with van der Waals surface area (Å²) in [6.45, 7) is 7.11. The van der Waals surface area contributed by atoms with Crippen LogP contribution in [0.15, 0.2) is 64.3 Å². The van der Waals surface area contributed by atoms with Crippen molar-refractivity contribution in [1.29, 1.82) is 0 Å². The van der Waals surface area contributed by atoms with Crippen LogP contribution in [0, 0.1) is 0 Å². The van der Waals surface area contributed by atoms with Crippen molar-refractivity contribution in [3.8, 4) is 11.5 Å². The second kappa shape index (κ2) is 10.9. The predicted octanol–water partition coefficient (Wildman–Crippen LogP) is 4.76. The fourth-order valence-electron chi connectivity index (χ4n) is 4.80. The Balaban J connectivity index is 1.78. The first kappa shape index (κ1) is 25.3. The van der Waals surface area contributed by atoms with Crippen molar-refractivity contribution in [3.05, 3.63) is 71.2 Å². The van der Waals surface area contributed by atoms with E-state index in [2.05, 4.69) is 18.7 Å². The highest BCUT2D eigenvalue weighted by Gasteiger charge is 2.45. The van der Waals surface area contributed by atoms with Crippen LogP contribution >= 0.6 is 0 Å². The number of ketones is 1. The number of aliphatic hydroxyl groups is 1. The minimum atomic E-state index is -0.861. The molecule has 36 heavy (non-hydrogen) atoms. The summed E-state index contributed by atoms with van der Waals surface area (Å²) < 4.78 is 16.9. The third kappa shape index (κ3) is 4.56. The number of aliphatic hydroxyl groups excluding tert-OH is 1. The Morgan fingerprint density at radius 3 is 2.50 bits per heavy atom. The molecule has 1 aromatic heterocycles. The van der Waals surface area contributed by atoms with Crippen LogP contribution in [0.1, 0.15) is 42.4 Å². The first-order chi connectivity index (χ1) is 17.4. The van der Waals surface area contributed by atoms with Crippen LogP contribution in [0.25, 0.3) is 11.0 Å². The molecule has 1 amide bonds. The van der Waals surface area contributed by atoms with Gasteiger partial charge in [-0.2, -0.15) is 0 Å². The molecular formula is C28H32N2O6. The van der Waals surface area contributed by atoms with Gasteiger partial charge in [0, 0.05) is 17.5 Å². The zero-order valence-corrected chi connectivity index (χ0v) is 21.1. The number of hydrogen-bond donors (Lipinski definition) is 1. The average molecular weight is 493 g/mol. The van der Waals surface area contributed by atoms with E-state index < -0.39 is 23.5 Å². The number of amides is 1. The van der Waals surface area contributed by atoms with Crippen molar-refractivity contribution in [2.75, 3.05) is 40.4 Å². The first-order valence-corrected chi connectivity index (χ1v) is 12.2. The van der Waals surface area contributed by atoms with Gasteiger partial charge in [0.25, 0.3) is 5.91 Å². The van der Waals surface area contributed by atoms with E-state index in [-0.39, 0.29) is 11.3 Å². The molecular weight excluding hydrogens is 460 g/mol. The molecule has 0 saturated heterocycles. The van der Waals surface area contributed by atoms with Gasteiger partial charge >= 0.3 is 0 Å². The molecule has 0 bridgehead atoms. The average Bonchev–Trinajstić information content (AvgIpc) is 3.45. The van der Waals surface area contributed by atoms with Gasteiger partial charge in [-0.05, 0) is 44.3 Å². The molecule has 1 N–H and O–H groups in total. The zero-order chi connectivity index (χ0) is 25.8. The molecule has 2 heterocycles. The Bertz CT molecular complexity index is 1260. The Hall–Kier alpha value is -3.78. The van der Waals surface area contributed by atoms with E-state index in [4.69, 9.17) is 13.9 Å². The summed E-state index contributed by atoms with van der Waals surface area (Å²) in [5.74, 6) is -0.786. The number of rotatable bonds is 11. The number of carbonyl (C=O) groups excluding carboxylic acids is 2. The second-order valence-corrected chi connectivity index (χ2v) is 8.60. The summed E-state index contributed by atoms with van der Waals surface area (Å²) in [4.78, 5) is 30.9. The van der Waals surface area contributed by atoms with Crippen LogP contribution in [0.2, 0.25) is 0 Å². The predicted molar refractivity (Wildman–Crippen MR) is 137 cm³/mol. The summed E-state index contributed by atoms with van der Waals surface area (Å²) >= 11 is 0. The molecule has 8 heteroatoms. The highest BCUT2D eigenvalue weighted by molar-refractivity contribution is 6.16. The van der Waals surface area contributed by atoms with E-state index in [9.17, 15) is 14.7 Å². The summed E-state index contributed by atoms with van der Waals surface area (Å²) in [5, 5.41) is 11.8. The van der Waals surface area contributed by atoms with Gasteiger partial charge in [0.1, 0.15) is 5.58 Å². The molecule has 0 unspecified atom stereocenters. The molecule has 0 fully saturated rings. The zero-order valence-electron chi connectivity index (χ0n) is 21.1. The van der Waals surface area contributed by atoms with Crippen LogP contribution in [0.4, 0.5) is 0 Å². The third-order valence-electron chi connectivity index (χ3n) is 6.69. The quantitative estimate of drug-likeness (QED) is 0.386. The van der Waals surface area contributed by atoms with Gasteiger partial charge in [-0.1, -0.05) is 44.2 Å². The number of Topliss-reactive ketones (excluding diaryl/α,β-unsaturated/α-hetero) is 1. The Labute approximate surface area is 210 Å². The fourth-order valence-corrected chi connectivity index (χ4v) is 4.80. The molecule has 0 spiro atoms. The molecule has 0 aliphatic carbocycles. The largest absolute Gasteiger partial charge is 0.503 e. The number of nitrogens with zero attached hydrogens (tertiary/aromatic N) is 2. The van der Waals surface area contributed by atoms with Gasteiger partial charge in [0.15, 0.2) is 23.0 Å². The molecule has 8 nitrogen and oxygen atoms in total. The molecule has 0 saturated carbocycles. The van der Waals surface area contributed by atoms with E-state index in [1.165, 1.54) is 19.1 Å². The summed E-state index contributed by atoms with van der Waals surface area (Å²) in [6.07, 6.45) is 0.676. The van der Waals surface area contributed by atoms with Crippen LogP contribution in [0.5, 0.6) is 11.5 Å². The Kier molecular flexibility index (Phi) is 7.64. The number of benzene rings is 2. The minimum Gasteiger partial charge on any atom is -0.503 e. The van der Waals surface area contributed by atoms with E-state index >= 15 is 0 Å². The first-order valence-electron chi connectivity index (χ1n) is 12.2. The van der Waals surface area contributed by atoms with Crippen LogP contribution in [-0.2, 0) is 4.79 Å². The van der Waals surface area contributed by atoms with Gasteiger partial charge in [0.05, 0.1) is 25.8 Å². The lowest BCUT2D eigenvalue weighted by Gasteiger charge is -2.29. The second-order valence-electron chi connectivity index (χ2n) is 8.60. The highest BCUT2D eigenvalue weighted by atomic mass is 16.5. The van der Waals surface area contributed by atoms with E-state index in [0.717, 1.165) is 25.0 Å². The fraction of sp³-hybridized carbons (Fsp3) is 0.357. The van der Waals surface area contributed by atoms with Gasteiger partial charge in [-0.3, -0.25) is 9.59 Å². The maximum atomic E-state index is 13.8. The van der Waals surface area contributed by atoms with Crippen molar-refractivity contribution in [1.82, 2.24) is 9.80 Å². The topological polar surface area (TPSA) is 92.5 Å². The lowest BCUT2D eigenvalue weighted by Crippen LogP contribution is -2.34. The monoisotopic (exact) mass is 492 g/mol. The SMILES string of the molecule is CCN(CC)CCCN1C(=O)C(O)=C(C(=O)c2cc3ccccc3o2)[C@@H]1c1cccc(OC)c1OC. The molecule has 3 aromatic rings. The lowest BCUT2D eigenvalue weighted by molar-refractivity contribution is -0.129.